The summed E-state index contributed by atoms with van der Waals surface area (Å²) < 4.78 is 21.6. The van der Waals surface area contributed by atoms with E-state index in [0.29, 0.717) is 24.0 Å². The molecule has 340 valence electrons. The average molecular weight is 803 g/mol. The van der Waals surface area contributed by atoms with Gasteiger partial charge in [-0.3, -0.25) is 0 Å². The van der Waals surface area contributed by atoms with Crippen LogP contribution in [0.1, 0.15) is 311 Å². The van der Waals surface area contributed by atoms with Gasteiger partial charge in [0.25, 0.3) is 0 Å². The quantitative estimate of drug-likeness (QED) is 0.0574. The first kappa shape index (κ1) is 53.0. The molecule has 2 aliphatic rings. The van der Waals surface area contributed by atoms with Gasteiger partial charge >= 0.3 is 0 Å². The van der Waals surface area contributed by atoms with Gasteiger partial charge in [-0.15, -0.1) is 0 Å². The summed E-state index contributed by atoms with van der Waals surface area (Å²) in [6, 6.07) is 0. The van der Waals surface area contributed by atoms with Gasteiger partial charge in [-0.05, 0) is 39.5 Å². The summed E-state index contributed by atoms with van der Waals surface area (Å²) in [5, 5.41) is 0. The number of ether oxygens (including phenoxy) is 3. The Bertz CT molecular complexity index is 776. The fraction of sp³-hybridized carbons (Fsp3) is 1.00. The zero-order chi connectivity index (χ0) is 41.1. The third-order valence-corrected chi connectivity index (χ3v) is 14.2. The van der Waals surface area contributed by atoms with Crippen LogP contribution in [-0.2, 0) is 14.2 Å². The van der Waals surface area contributed by atoms with E-state index in [9.17, 15) is 0 Å². The van der Waals surface area contributed by atoms with Crippen molar-refractivity contribution >= 4 is 0 Å². The second-order valence-electron chi connectivity index (χ2n) is 19.9. The Morgan fingerprint density at radius 3 is 0.684 bits per heavy atom. The van der Waals surface area contributed by atoms with Crippen LogP contribution in [0.4, 0.5) is 0 Å². The maximum atomic E-state index is 7.65. The third kappa shape index (κ3) is 24.2. The first-order valence-electron chi connectivity index (χ1n) is 27.0. The highest BCUT2D eigenvalue weighted by atomic mass is 16.8. The van der Waals surface area contributed by atoms with Gasteiger partial charge in [-0.25, -0.2) is 0 Å². The van der Waals surface area contributed by atoms with Gasteiger partial charge in [-0.2, -0.15) is 0 Å². The molecule has 3 heteroatoms. The molecule has 57 heavy (non-hydrogen) atoms. The molecule has 3 nitrogen and oxygen atoms in total. The van der Waals surface area contributed by atoms with E-state index in [-0.39, 0.29) is 0 Å². The minimum Gasteiger partial charge on any atom is -0.346 e. The summed E-state index contributed by atoms with van der Waals surface area (Å²) in [4.78, 5) is 0. The van der Waals surface area contributed by atoms with E-state index >= 15 is 0 Å². The first-order valence-corrected chi connectivity index (χ1v) is 27.0. The minimum absolute atomic E-state index is 0.293. The molecule has 2 rings (SSSR count). The zero-order valence-electron chi connectivity index (χ0n) is 40.2. The van der Waals surface area contributed by atoms with Crippen molar-refractivity contribution in [2.45, 2.75) is 335 Å². The molecule has 2 saturated heterocycles. The molecule has 0 N–H and O–H groups in total. The van der Waals surface area contributed by atoms with Crippen molar-refractivity contribution in [3.05, 3.63) is 0 Å². The van der Waals surface area contributed by atoms with Gasteiger partial charge in [0.1, 0.15) is 0 Å². The van der Waals surface area contributed by atoms with Gasteiger partial charge in [-0.1, -0.05) is 259 Å². The SMILES string of the molecule is CCCCCCCCCCCCC(CCCCCCCCCC)C1(OC2(C(CCCCCCCCCC)CCCCCCCCCCCC)CC(C)O2)CC(C)O1. The van der Waals surface area contributed by atoms with Crippen LogP contribution in [-0.4, -0.2) is 23.8 Å². The monoisotopic (exact) mass is 803 g/mol. The summed E-state index contributed by atoms with van der Waals surface area (Å²) in [6.07, 6.45) is 57.8. The van der Waals surface area contributed by atoms with Crippen molar-refractivity contribution in [1.29, 1.82) is 0 Å². The Balaban J connectivity index is 2.08. The molecule has 0 aliphatic carbocycles. The highest BCUT2D eigenvalue weighted by Gasteiger charge is 2.60. The molecule has 0 saturated carbocycles. The van der Waals surface area contributed by atoms with Crippen LogP contribution in [0.25, 0.3) is 0 Å². The highest BCUT2D eigenvalue weighted by Crippen LogP contribution is 2.54. The summed E-state index contributed by atoms with van der Waals surface area (Å²) >= 11 is 0. The van der Waals surface area contributed by atoms with E-state index in [0.717, 1.165) is 12.8 Å². The zero-order valence-corrected chi connectivity index (χ0v) is 40.2. The molecule has 0 spiro atoms. The third-order valence-electron chi connectivity index (χ3n) is 14.2. The lowest BCUT2D eigenvalue weighted by Gasteiger charge is -2.60. The minimum atomic E-state index is -0.449. The van der Waals surface area contributed by atoms with Crippen molar-refractivity contribution in [3.63, 3.8) is 0 Å². The maximum Gasteiger partial charge on any atom is 0.177 e. The van der Waals surface area contributed by atoms with Crippen molar-refractivity contribution in [1.82, 2.24) is 0 Å². The average Bonchev–Trinajstić information content (AvgIpc) is 3.18. The van der Waals surface area contributed by atoms with Gasteiger partial charge < -0.3 is 14.2 Å². The van der Waals surface area contributed by atoms with Gasteiger partial charge in [0.05, 0.1) is 12.2 Å². The topological polar surface area (TPSA) is 27.7 Å². The smallest absolute Gasteiger partial charge is 0.177 e. The summed E-state index contributed by atoms with van der Waals surface area (Å²) in [5.41, 5.74) is 0. The largest absolute Gasteiger partial charge is 0.346 e. The Morgan fingerprint density at radius 1 is 0.333 bits per heavy atom. The van der Waals surface area contributed by atoms with Gasteiger partial charge in [0, 0.05) is 24.7 Å². The molecule has 2 aliphatic heterocycles. The standard InChI is InChI=1S/C54H106O3/c1-7-11-15-19-23-27-29-33-37-41-45-51(43-39-35-31-25-21-17-13-9-3)53(47-49(5)55-53)57-54(48-50(6)56-54)52(44-40-36-32-26-22-18-14-10-4)46-42-38-34-30-28-24-20-16-12-8-2/h49-52H,7-48H2,1-6H3. The molecular weight excluding hydrogens is 697 g/mol. The summed E-state index contributed by atoms with van der Waals surface area (Å²) in [7, 11) is 0. The highest BCUT2D eigenvalue weighted by molar-refractivity contribution is 4.98. The number of rotatable bonds is 44. The molecule has 0 bridgehead atoms. The van der Waals surface area contributed by atoms with Crippen LogP contribution in [0.5, 0.6) is 0 Å². The van der Waals surface area contributed by atoms with E-state index in [1.807, 2.05) is 0 Å². The summed E-state index contributed by atoms with van der Waals surface area (Å²) in [6.45, 7) is 13.9. The van der Waals surface area contributed by atoms with E-state index in [1.165, 1.54) is 257 Å². The van der Waals surface area contributed by atoms with Gasteiger partial charge in [0.2, 0.25) is 0 Å². The van der Waals surface area contributed by atoms with Crippen molar-refractivity contribution in [3.8, 4) is 0 Å². The number of hydrogen-bond donors (Lipinski definition) is 0. The molecular formula is C54H106O3. The Hall–Kier alpha value is -0.120. The van der Waals surface area contributed by atoms with Crippen molar-refractivity contribution < 1.29 is 14.2 Å². The van der Waals surface area contributed by atoms with Crippen LogP contribution >= 0.6 is 0 Å². The Kier molecular flexibility index (Phi) is 33.0. The molecule has 2 heterocycles. The van der Waals surface area contributed by atoms with E-state index in [2.05, 4.69) is 41.5 Å². The normalized spacial score (nSPS) is 23.1. The van der Waals surface area contributed by atoms with Gasteiger partial charge in [0.15, 0.2) is 11.6 Å². The maximum absolute atomic E-state index is 7.65. The Morgan fingerprint density at radius 2 is 0.509 bits per heavy atom. The fourth-order valence-corrected chi connectivity index (χ4v) is 10.6. The van der Waals surface area contributed by atoms with Crippen LogP contribution in [0.3, 0.4) is 0 Å². The molecule has 0 aromatic carbocycles. The molecule has 6 atom stereocenters. The number of hydrogen-bond acceptors (Lipinski definition) is 3. The molecule has 0 aromatic heterocycles. The van der Waals surface area contributed by atoms with E-state index in [1.54, 1.807) is 0 Å². The second-order valence-corrected chi connectivity index (χ2v) is 19.9. The molecule has 0 aromatic rings. The van der Waals surface area contributed by atoms with E-state index in [4.69, 9.17) is 14.2 Å². The first-order chi connectivity index (χ1) is 27.9. The van der Waals surface area contributed by atoms with Crippen LogP contribution < -0.4 is 0 Å². The van der Waals surface area contributed by atoms with E-state index < -0.39 is 11.6 Å². The van der Waals surface area contributed by atoms with Crippen molar-refractivity contribution in [2.24, 2.45) is 11.8 Å². The van der Waals surface area contributed by atoms with Crippen LogP contribution in [0.15, 0.2) is 0 Å². The lowest BCUT2D eigenvalue weighted by atomic mass is 9.77. The van der Waals surface area contributed by atoms with Crippen molar-refractivity contribution in [2.75, 3.05) is 0 Å². The summed E-state index contributed by atoms with van der Waals surface area (Å²) in [5.74, 6) is 0.0745. The lowest BCUT2D eigenvalue weighted by molar-refractivity contribution is -0.480. The van der Waals surface area contributed by atoms with Crippen LogP contribution in [0.2, 0.25) is 0 Å². The molecule has 6 unspecified atom stereocenters. The predicted molar refractivity (Wildman–Crippen MR) is 251 cm³/mol. The second kappa shape index (κ2) is 35.5. The molecule has 0 radical (unpaired) electrons. The molecule has 2 fully saturated rings. The fourth-order valence-electron chi connectivity index (χ4n) is 10.6. The Labute approximate surface area is 359 Å². The lowest BCUT2D eigenvalue weighted by Crippen LogP contribution is -2.66. The predicted octanol–water partition coefficient (Wildman–Crippen LogP) is 18.9. The van der Waals surface area contributed by atoms with Crippen LogP contribution in [0, 0.1) is 11.8 Å². The number of unbranched alkanes of at least 4 members (excludes halogenated alkanes) is 32. The molecule has 0 amide bonds.